The van der Waals surface area contributed by atoms with Crippen LogP contribution in [0, 0.1) is 11.8 Å². The molecular formula is C64H86N14O14. The molecule has 7 rings (SSSR count). The van der Waals surface area contributed by atoms with Crippen molar-refractivity contribution >= 4 is 92.7 Å². The van der Waals surface area contributed by atoms with Crippen LogP contribution in [0.4, 0.5) is 0 Å². The van der Waals surface area contributed by atoms with E-state index in [9.17, 15) is 67.7 Å². The van der Waals surface area contributed by atoms with Crippen molar-refractivity contribution in [1.82, 2.24) is 71.3 Å². The lowest BCUT2D eigenvalue weighted by atomic mass is 9.99. The molecule has 5 heterocycles. The molecule has 92 heavy (non-hydrogen) atoms. The summed E-state index contributed by atoms with van der Waals surface area (Å²) < 4.78 is 0. The Bertz CT molecular complexity index is 3210. The van der Waals surface area contributed by atoms with E-state index >= 15 is 0 Å². The molecule has 496 valence electrons. The minimum Gasteiger partial charge on any atom is -0.505 e. The fraction of sp³-hybridized carbons (Fsp3) is 0.531. The van der Waals surface area contributed by atoms with Crippen LogP contribution in [0.15, 0.2) is 60.7 Å². The molecule has 28 nitrogen and oxygen atoms in total. The zero-order valence-corrected chi connectivity index (χ0v) is 53.5. The summed E-state index contributed by atoms with van der Waals surface area (Å²) in [4.78, 5) is 188. The summed E-state index contributed by atoms with van der Waals surface area (Å²) in [5.74, 6) is -11.5. The Morgan fingerprint density at radius 3 is 1.26 bits per heavy atom. The number of nitrogens with zero attached hydrogens (tertiary/aromatic N) is 8. The SMILES string of the molecule is CCCN1CC(=O)N(C)[C@@H](C(C)C)C(=O)NC[C@@H](NC(=O)c2nc3ccccc3cc2O)C(=O)N2CCCC[C@H]2C(=O)NCC(=O)N(CCC)CC(=O)N(C)[C@@H](C(C)C)C(=O)NC[C@@H](NC(=O)c2nc3ccccc3cc2O)C(=O)N2CCCC[C@H]2C(=O)NCC1=O. The molecule has 28 heteroatoms. The van der Waals surface area contributed by atoms with Gasteiger partial charge >= 0.3 is 0 Å². The van der Waals surface area contributed by atoms with Gasteiger partial charge in [-0.05, 0) is 87.5 Å². The zero-order chi connectivity index (χ0) is 67.1. The number of nitrogens with one attached hydrogen (secondary N) is 6. The van der Waals surface area contributed by atoms with Crippen molar-refractivity contribution in [3.8, 4) is 11.5 Å². The fourth-order valence-electron chi connectivity index (χ4n) is 12.0. The number of para-hydroxylation sites is 2. The monoisotopic (exact) mass is 1270 g/mol. The van der Waals surface area contributed by atoms with Crippen molar-refractivity contribution in [2.75, 3.05) is 79.5 Å². The molecule has 8 N–H and O–H groups in total. The molecule has 2 aromatic carbocycles. The highest BCUT2D eigenvalue weighted by atomic mass is 16.3. The average molecular weight is 1280 g/mol. The third kappa shape index (κ3) is 17.1. The number of piperidine rings is 2. The van der Waals surface area contributed by atoms with Gasteiger partial charge in [0, 0.05) is 64.1 Å². The number of benzene rings is 2. The number of hydrogen-bond donors (Lipinski definition) is 8. The minimum absolute atomic E-state index is 0.0125. The number of fused-ring (bicyclic) bond motifs is 4. The number of aromatic nitrogens is 2. The third-order valence-corrected chi connectivity index (χ3v) is 16.8. The van der Waals surface area contributed by atoms with Gasteiger partial charge in [-0.25, -0.2) is 9.97 Å². The molecule has 0 saturated carbocycles. The number of carbonyl (C=O) groups excluding carboxylic acids is 12. The van der Waals surface area contributed by atoms with Gasteiger partial charge in [0.15, 0.2) is 11.4 Å². The van der Waals surface area contributed by atoms with Crippen molar-refractivity contribution < 1.29 is 67.7 Å². The molecule has 12 amide bonds. The lowest BCUT2D eigenvalue weighted by molar-refractivity contribution is -0.147. The molecule has 2 aromatic heterocycles. The van der Waals surface area contributed by atoms with Crippen molar-refractivity contribution in [3.05, 3.63) is 72.1 Å². The molecule has 0 unspecified atom stereocenters. The quantitative estimate of drug-likeness (QED) is 0.109. The van der Waals surface area contributed by atoms with E-state index in [1.807, 2.05) is 0 Å². The van der Waals surface area contributed by atoms with E-state index in [1.165, 1.54) is 45.8 Å². The summed E-state index contributed by atoms with van der Waals surface area (Å²) in [5.41, 5.74) is -0.168. The van der Waals surface area contributed by atoms with Crippen LogP contribution in [0.3, 0.4) is 0 Å². The molecule has 6 atom stereocenters. The number of aromatic hydroxyl groups is 2. The first kappa shape index (κ1) is 70.0. The number of likely N-dealkylation sites (N-methyl/N-ethyl adjacent to an activating group) is 2. The summed E-state index contributed by atoms with van der Waals surface area (Å²) in [7, 11) is 2.74. The lowest BCUT2D eigenvalue weighted by Crippen LogP contribution is -2.61. The van der Waals surface area contributed by atoms with Gasteiger partial charge in [-0.2, -0.15) is 0 Å². The lowest BCUT2D eigenvalue weighted by Gasteiger charge is -2.38. The van der Waals surface area contributed by atoms with Gasteiger partial charge in [-0.1, -0.05) is 77.9 Å². The van der Waals surface area contributed by atoms with E-state index in [1.54, 1.807) is 90.1 Å². The molecule has 3 aliphatic heterocycles. The fourth-order valence-corrected chi connectivity index (χ4v) is 12.0. The molecule has 0 bridgehead atoms. The van der Waals surface area contributed by atoms with Gasteiger partial charge in [0.1, 0.15) is 47.8 Å². The van der Waals surface area contributed by atoms with E-state index in [0.717, 1.165) is 9.80 Å². The normalized spacial score (nSPS) is 22.5. The predicted molar refractivity (Wildman–Crippen MR) is 337 cm³/mol. The molecular weight excluding hydrogens is 1190 g/mol. The summed E-state index contributed by atoms with van der Waals surface area (Å²) >= 11 is 0. The second kappa shape index (κ2) is 32.0. The van der Waals surface area contributed by atoms with Gasteiger partial charge in [-0.15, -0.1) is 0 Å². The Hall–Kier alpha value is -9.50. The highest BCUT2D eigenvalue weighted by molar-refractivity contribution is 6.03. The van der Waals surface area contributed by atoms with Crippen LogP contribution in [-0.4, -0.2) is 236 Å². The van der Waals surface area contributed by atoms with Gasteiger partial charge in [0.25, 0.3) is 11.8 Å². The first-order chi connectivity index (χ1) is 43.8. The van der Waals surface area contributed by atoms with E-state index in [4.69, 9.17) is 0 Å². The largest absolute Gasteiger partial charge is 0.505 e. The highest BCUT2D eigenvalue weighted by Crippen LogP contribution is 2.26. The topological polar surface area (TPSA) is 363 Å². The Balaban J connectivity index is 1.21. The summed E-state index contributed by atoms with van der Waals surface area (Å²) in [5, 5.41) is 39.0. The Morgan fingerprint density at radius 2 is 0.902 bits per heavy atom. The van der Waals surface area contributed by atoms with Gasteiger partial charge < -0.3 is 71.5 Å². The molecule has 3 aliphatic rings. The van der Waals surface area contributed by atoms with Crippen LogP contribution in [0.2, 0.25) is 0 Å². The van der Waals surface area contributed by atoms with Crippen molar-refractivity contribution in [3.63, 3.8) is 0 Å². The predicted octanol–water partition coefficient (Wildman–Crippen LogP) is 0.775. The van der Waals surface area contributed by atoms with Crippen LogP contribution in [0.25, 0.3) is 21.8 Å². The summed E-state index contributed by atoms with van der Waals surface area (Å²) in [6, 6.07) is 7.98. The molecule has 4 aromatic rings. The van der Waals surface area contributed by atoms with Crippen LogP contribution in [0.1, 0.15) is 114 Å². The highest BCUT2D eigenvalue weighted by Gasteiger charge is 2.41. The van der Waals surface area contributed by atoms with Crippen LogP contribution >= 0.6 is 0 Å². The maximum absolute atomic E-state index is 14.9. The number of hydrogen-bond acceptors (Lipinski definition) is 16. The maximum atomic E-state index is 14.9. The van der Waals surface area contributed by atoms with Crippen LogP contribution < -0.4 is 31.9 Å². The number of carbonyl (C=O) groups is 12. The molecule has 3 fully saturated rings. The summed E-state index contributed by atoms with van der Waals surface area (Å²) in [6.07, 6.45) is 2.83. The number of rotatable bonds is 10. The van der Waals surface area contributed by atoms with Gasteiger partial charge in [0.2, 0.25) is 59.1 Å². The zero-order valence-electron chi connectivity index (χ0n) is 53.5. The molecule has 0 radical (unpaired) electrons. The standard InChI is InChI=1S/C64H86N14O14/c1-9-25-75-35-51(83)73(7)55(37(3)4)61(89)65-31-43(71-59(87)53-47(79)29-39-19-11-13-21-41(39)69-53)64(92)78-28-18-16-24-46(78)58(86)68-34-50(82)76(26-10-2)36-52(84)74(8)56(38(5)6)62(90)66-32-44(63(91)77-27-17-15-23-45(77)57(85)67-33-49(75)81)72-60(88)54-48(80)30-40-20-12-14-22-42(40)70-54/h11-14,19-22,29-30,37-38,43-46,55-56,79-80H,9-10,15-18,23-28,31-36H2,1-8H3,(H,65,89)(H,66,90)(H,67,85)(H,68,86)(H,71,87)(H,72,88)/t43-,44-,45+,46+,55+,56+/m1/s1. The number of amides is 12. The molecule has 0 spiro atoms. The smallest absolute Gasteiger partial charge is 0.274 e. The van der Waals surface area contributed by atoms with Crippen molar-refractivity contribution in [2.45, 2.75) is 129 Å². The maximum Gasteiger partial charge on any atom is 0.274 e. The Labute approximate surface area is 533 Å². The van der Waals surface area contributed by atoms with E-state index in [0.29, 0.717) is 60.3 Å². The first-order valence-corrected chi connectivity index (χ1v) is 31.4. The molecule has 3 saturated heterocycles. The Morgan fingerprint density at radius 1 is 0.533 bits per heavy atom. The average Bonchev–Trinajstić information content (AvgIpc) is 1.37. The Kier molecular flexibility index (Phi) is 24.3. The van der Waals surface area contributed by atoms with E-state index in [-0.39, 0.29) is 39.0 Å². The second-order valence-electron chi connectivity index (χ2n) is 24.2. The second-order valence-corrected chi connectivity index (χ2v) is 24.2. The van der Waals surface area contributed by atoms with Crippen molar-refractivity contribution in [2.24, 2.45) is 11.8 Å². The van der Waals surface area contributed by atoms with Gasteiger partial charge in [-0.3, -0.25) is 57.5 Å². The van der Waals surface area contributed by atoms with Crippen LogP contribution in [-0.2, 0) is 47.9 Å². The van der Waals surface area contributed by atoms with Crippen LogP contribution in [0.5, 0.6) is 11.5 Å². The molecule has 0 aliphatic carbocycles. The first-order valence-electron chi connectivity index (χ1n) is 31.4. The van der Waals surface area contributed by atoms with E-state index < -0.39 is 181 Å². The number of pyridine rings is 2. The summed E-state index contributed by atoms with van der Waals surface area (Å²) in [6.45, 7) is 6.84. The van der Waals surface area contributed by atoms with Crippen molar-refractivity contribution in [1.29, 1.82) is 0 Å². The third-order valence-electron chi connectivity index (χ3n) is 16.8. The van der Waals surface area contributed by atoms with E-state index in [2.05, 4.69) is 41.9 Å². The van der Waals surface area contributed by atoms with Gasteiger partial charge in [0.05, 0.1) is 37.2 Å². The minimum atomic E-state index is -1.61.